The highest BCUT2D eigenvalue weighted by molar-refractivity contribution is 5.44. The molecule has 1 aliphatic carbocycles. The number of aliphatic hydroxyl groups excluding tert-OH is 1. The molecule has 1 aromatic rings. The normalized spacial score (nSPS) is 25.8. The number of fused-ring (bicyclic) bond motifs is 1. The van der Waals surface area contributed by atoms with Gasteiger partial charge in [0, 0.05) is 12.1 Å². The van der Waals surface area contributed by atoms with Crippen molar-refractivity contribution in [2.45, 2.75) is 63.6 Å². The molecule has 0 aromatic heterocycles. The summed E-state index contributed by atoms with van der Waals surface area (Å²) in [6.45, 7) is 2.59. The lowest BCUT2D eigenvalue weighted by atomic mass is 9.92. The van der Waals surface area contributed by atoms with E-state index in [2.05, 4.69) is 24.4 Å². The van der Waals surface area contributed by atoms with Crippen LogP contribution >= 0.6 is 0 Å². The summed E-state index contributed by atoms with van der Waals surface area (Å²) >= 11 is 0. The van der Waals surface area contributed by atoms with Gasteiger partial charge >= 0.3 is 0 Å². The van der Waals surface area contributed by atoms with E-state index in [4.69, 9.17) is 9.47 Å². The number of aliphatic hydroxyl groups is 1. The summed E-state index contributed by atoms with van der Waals surface area (Å²) < 4.78 is 10.7. The van der Waals surface area contributed by atoms with Crippen LogP contribution in [-0.4, -0.2) is 30.1 Å². The zero-order chi connectivity index (χ0) is 14.7. The van der Waals surface area contributed by atoms with Crippen LogP contribution in [0.15, 0.2) is 18.2 Å². The van der Waals surface area contributed by atoms with Gasteiger partial charge in [-0.05, 0) is 63.1 Å². The average Bonchev–Trinajstić information content (AvgIpc) is 2.95. The molecule has 1 aromatic carbocycles. The smallest absolute Gasteiger partial charge is 0.231 e. The standard InChI is InChI=1S/C17H25NO3/c1-12(18-14-5-7-15(19)8-6-14)2-3-13-4-9-16-17(10-13)21-11-20-16/h4,9-10,12,14-15,18-19H,2-3,5-8,11H2,1H3. The van der Waals surface area contributed by atoms with Gasteiger partial charge in [0.15, 0.2) is 11.5 Å². The van der Waals surface area contributed by atoms with Gasteiger partial charge < -0.3 is 19.9 Å². The van der Waals surface area contributed by atoms with Crippen molar-refractivity contribution in [1.82, 2.24) is 5.32 Å². The molecule has 2 aliphatic rings. The van der Waals surface area contributed by atoms with Crippen LogP contribution in [0.5, 0.6) is 11.5 Å². The van der Waals surface area contributed by atoms with Crippen LogP contribution in [0.4, 0.5) is 0 Å². The second kappa shape index (κ2) is 6.67. The van der Waals surface area contributed by atoms with Gasteiger partial charge in [-0.2, -0.15) is 0 Å². The van der Waals surface area contributed by atoms with E-state index in [1.54, 1.807) is 0 Å². The molecule has 0 spiro atoms. The monoisotopic (exact) mass is 291 g/mol. The number of benzene rings is 1. The van der Waals surface area contributed by atoms with Crippen molar-refractivity contribution in [2.75, 3.05) is 6.79 Å². The van der Waals surface area contributed by atoms with Crippen LogP contribution in [0.2, 0.25) is 0 Å². The molecule has 116 valence electrons. The summed E-state index contributed by atoms with van der Waals surface area (Å²) in [6.07, 6.45) is 6.13. The molecular formula is C17H25NO3. The van der Waals surface area contributed by atoms with Crippen LogP contribution in [0.1, 0.15) is 44.6 Å². The lowest BCUT2D eigenvalue weighted by Crippen LogP contribution is -2.40. The van der Waals surface area contributed by atoms with Crippen LogP contribution in [-0.2, 0) is 6.42 Å². The Morgan fingerprint density at radius 2 is 1.95 bits per heavy atom. The Hall–Kier alpha value is -1.26. The van der Waals surface area contributed by atoms with Gasteiger partial charge in [0.1, 0.15) is 0 Å². The van der Waals surface area contributed by atoms with Crippen LogP contribution in [0.3, 0.4) is 0 Å². The third-order valence-corrected chi connectivity index (χ3v) is 4.52. The molecule has 1 heterocycles. The maximum absolute atomic E-state index is 9.54. The van der Waals surface area contributed by atoms with E-state index < -0.39 is 0 Å². The summed E-state index contributed by atoms with van der Waals surface area (Å²) in [5.74, 6) is 1.72. The second-order valence-corrected chi connectivity index (χ2v) is 6.30. The maximum atomic E-state index is 9.54. The average molecular weight is 291 g/mol. The minimum Gasteiger partial charge on any atom is -0.454 e. The number of hydrogen-bond donors (Lipinski definition) is 2. The Bertz CT molecular complexity index is 469. The molecule has 0 radical (unpaired) electrons. The van der Waals surface area contributed by atoms with Gasteiger partial charge in [0.2, 0.25) is 6.79 Å². The number of nitrogens with one attached hydrogen (secondary N) is 1. The van der Waals surface area contributed by atoms with Crippen LogP contribution < -0.4 is 14.8 Å². The predicted molar refractivity (Wildman–Crippen MR) is 81.7 cm³/mol. The predicted octanol–water partition coefficient (Wildman–Crippen LogP) is 2.63. The fourth-order valence-corrected chi connectivity index (χ4v) is 3.21. The van der Waals surface area contributed by atoms with Gasteiger partial charge in [0.05, 0.1) is 6.10 Å². The summed E-state index contributed by atoms with van der Waals surface area (Å²) in [6, 6.07) is 7.28. The molecule has 1 atom stereocenters. The maximum Gasteiger partial charge on any atom is 0.231 e. The van der Waals surface area contributed by atoms with Gasteiger partial charge in [-0.15, -0.1) is 0 Å². The molecule has 3 rings (SSSR count). The molecule has 0 bridgehead atoms. The molecule has 21 heavy (non-hydrogen) atoms. The molecule has 4 heteroatoms. The van der Waals surface area contributed by atoms with E-state index >= 15 is 0 Å². The number of aryl methyl sites for hydroxylation is 1. The van der Waals surface area contributed by atoms with Crippen molar-refractivity contribution in [1.29, 1.82) is 0 Å². The third-order valence-electron chi connectivity index (χ3n) is 4.52. The van der Waals surface area contributed by atoms with Crippen molar-refractivity contribution in [3.63, 3.8) is 0 Å². The number of ether oxygens (including phenoxy) is 2. The van der Waals surface area contributed by atoms with Crippen molar-refractivity contribution in [2.24, 2.45) is 0 Å². The van der Waals surface area contributed by atoms with Crippen molar-refractivity contribution >= 4 is 0 Å². The van der Waals surface area contributed by atoms with Gasteiger partial charge in [-0.3, -0.25) is 0 Å². The fourth-order valence-electron chi connectivity index (χ4n) is 3.21. The Morgan fingerprint density at radius 1 is 1.19 bits per heavy atom. The van der Waals surface area contributed by atoms with Crippen LogP contribution in [0, 0.1) is 0 Å². The molecular weight excluding hydrogens is 266 g/mol. The van der Waals surface area contributed by atoms with Crippen molar-refractivity contribution < 1.29 is 14.6 Å². The summed E-state index contributed by atoms with van der Waals surface area (Å²) in [4.78, 5) is 0. The molecule has 0 saturated heterocycles. The Balaban J connectivity index is 1.44. The fraction of sp³-hybridized carbons (Fsp3) is 0.647. The van der Waals surface area contributed by atoms with Crippen molar-refractivity contribution in [3.8, 4) is 11.5 Å². The number of rotatable bonds is 5. The van der Waals surface area contributed by atoms with Gasteiger partial charge in [-0.25, -0.2) is 0 Å². The first-order valence-electron chi connectivity index (χ1n) is 8.03. The Kier molecular flexibility index (Phi) is 4.66. The zero-order valence-corrected chi connectivity index (χ0v) is 12.7. The highest BCUT2D eigenvalue weighted by Crippen LogP contribution is 2.32. The van der Waals surface area contributed by atoms with E-state index in [1.807, 2.05) is 6.07 Å². The highest BCUT2D eigenvalue weighted by atomic mass is 16.7. The van der Waals surface area contributed by atoms with E-state index in [-0.39, 0.29) is 6.10 Å². The van der Waals surface area contributed by atoms with E-state index in [0.717, 1.165) is 50.0 Å². The highest BCUT2D eigenvalue weighted by Gasteiger charge is 2.20. The molecule has 0 amide bonds. The van der Waals surface area contributed by atoms with Crippen molar-refractivity contribution in [3.05, 3.63) is 23.8 Å². The Morgan fingerprint density at radius 3 is 2.76 bits per heavy atom. The molecule has 1 unspecified atom stereocenters. The first kappa shape index (κ1) is 14.7. The molecule has 1 saturated carbocycles. The molecule has 1 aliphatic heterocycles. The minimum absolute atomic E-state index is 0.0769. The van der Waals surface area contributed by atoms with Gasteiger partial charge in [0.25, 0.3) is 0 Å². The summed E-state index contributed by atoms with van der Waals surface area (Å²) in [5.41, 5.74) is 1.30. The quantitative estimate of drug-likeness (QED) is 0.875. The molecule has 2 N–H and O–H groups in total. The molecule has 4 nitrogen and oxygen atoms in total. The summed E-state index contributed by atoms with van der Waals surface area (Å²) in [5, 5.41) is 13.2. The topological polar surface area (TPSA) is 50.7 Å². The third kappa shape index (κ3) is 3.89. The SMILES string of the molecule is CC(CCc1ccc2c(c1)OCO2)NC1CCC(O)CC1. The van der Waals surface area contributed by atoms with Gasteiger partial charge in [-0.1, -0.05) is 6.07 Å². The first-order chi connectivity index (χ1) is 10.2. The van der Waals surface area contributed by atoms with E-state index in [9.17, 15) is 5.11 Å². The lowest BCUT2D eigenvalue weighted by Gasteiger charge is -2.29. The second-order valence-electron chi connectivity index (χ2n) is 6.30. The van der Waals surface area contributed by atoms with E-state index in [0.29, 0.717) is 18.9 Å². The lowest BCUT2D eigenvalue weighted by molar-refractivity contribution is 0.114. The number of hydrogen-bond acceptors (Lipinski definition) is 4. The Labute approximate surface area is 126 Å². The van der Waals surface area contributed by atoms with Crippen LogP contribution in [0.25, 0.3) is 0 Å². The largest absolute Gasteiger partial charge is 0.454 e. The summed E-state index contributed by atoms with van der Waals surface area (Å²) in [7, 11) is 0. The van der Waals surface area contributed by atoms with E-state index in [1.165, 1.54) is 5.56 Å². The first-order valence-corrected chi connectivity index (χ1v) is 8.03. The minimum atomic E-state index is -0.0769. The molecule has 1 fully saturated rings. The zero-order valence-electron chi connectivity index (χ0n) is 12.7.